The van der Waals surface area contributed by atoms with Crippen LogP contribution in [0.25, 0.3) is 0 Å². The largest absolute Gasteiger partial charge is 0.478 e. The van der Waals surface area contributed by atoms with Crippen LogP contribution in [0.3, 0.4) is 0 Å². The monoisotopic (exact) mass is 312 g/mol. The van der Waals surface area contributed by atoms with E-state index in [1.165, 1.54) is 6.07 Å². The normalized spacial score (nSPS) is 16.9. The summed E-state index contributed by atoms with van der Waals surface area (Å²) in [6.45, 7) is 0. The van der Waals surface area contributed by atoms with E-state index in [1.54, 1.807) is 0 Å². The van der Waals surface area contributed by atoms with E-state index in [0.717, 1.165) is 46.2 Å². The van der Waals surface area contributed by atoms with E-state index in [2.05, 4.69) is 0 Å². The second-order valence-electron chi connectivity index (χ2n) is 4.73. The van der Waals surface area contributed by atoms with E-state index in [4.69, 9.17) is 0 Å². The molecule has 0 fully saturated rings. The fourth-order valence-corrected chi connectivity index (χ4v) is 2.29. The van der Waals surface area contributed by atoms with Gasteiger partial charge < -0.3 is 5.11 Å². The van der Waals surface area contributed by atoms with Gasteiger partial charge in [0, 0.05) is 24.3 Å². The first-order valence-corrected chi connectivity index (χ1v) is 6.39. The maximum atomic E-state index is 11.7. The van der Waals surface area contributed by atoms with Gasteiger partial charge in [-0.25, -0.2) is 14.6 Å². The number of carboxylic acid groups (broad SMARTS) is 1. The number of rotatable bonds is 3. The Morgan fingerprint density at radius 3 is 1.35 bits per heavy atom. The number of benzene rings is 1. The van der Waals surface area contributed by atoms with Crippen LogP contribution in [0.1, 0.15) is 10.4 Å². The van der Waals surface area contributed by atoms with Crippen LogP contribution in [-0.2, 0) is 19.2 Å². The maximum Gasteiger partial charge on any atom is 0.335 e. The molecule has 0 aliphatic carbocycles. The number of carboxylic acids is 1. The minimum absolute atomic E-state index is 0.0348. The standard InChI is InChI=1S/C15H8N2O6/c18-11-1-2-12(19)16(11)9-5-8(15(22)23)6-10(7-9)17-13(20)3-4-14(17)21/h1-7H,(H,22,23). The van der Waals surface area contributed by atoms with E-state index in [1.807, 2.05) is 0 Å². The lowest BCUT2D eigenvalue weighted by Gasteiger charge is -2.19. The number of hydrogen-bond acceptors (Lipinski definition) is 5. The fourth-order valence-electron chi connectivity index (χ4n) is 2.29. The molecule has 1 N–H and O–H groups in total. The van der Waals surface area contributed by atoms with Crippen molar-refractivity contribution in [3.8, 4) is 0 Å². The zero-order valence-corrected chi connectivity index (χ0v) is 11.4. The molecular formula is C15H8N2O6. The number of anilines is 2. The Labute approximate surface area is 128 Å². The lowest BCUT2D eigenvalue weighted by Crippen LogP contribution is -2.32. The first-order valence-electron chi connectivity index (χ1n) is 6.39. The smallest absolute Gasteiger partial charge is 0.335 e. The molecule has 0 saturated heterocycles. The van der Waals surface area contributed by atoms with Crippen LogP contribution in [0.2, 0.25) is 0 Å². The topological polar surface area (TPSA) is 112 Å². The van der Waals surface area contributed by atoms with Gasteiger partial charge >= 0.3 is 5.97 Å². The van der Waals surface area contributed by atoms with Crippen LogP contribution < -0.4 is 9.80 Å². The molecule has 0 unspecified atom stereocenters. The molecule has 4 amide bonds. The van der Waals surface area contributed by atoms with E-state index in [9.17, 15) is 29.1 Å². The van der Waals surface area contributed by atoms with E-state index in [-0.39, 0.29) is 16.9 Å². The average Bonchev–Trinajstić information content (AvgIpc) is 3.01. The van der Waals surface area contributed by atoms with Gasteiger partial charge in [-0.15, -0.1) is 0 Å². The highest BCUT2D eigenvalue weighted by Crippen LogP contribution is 2.29. The van der Waals surface area contributed by atoms with E-state index >= 15 is 0 Å². The zero-order chi connectivity index (χ0) is 16.7. The Morgan fingerprint density at radius 1 is 0.696 bits per heavy atom. The van der Waals surface area contributed by atoms with Crippen molar-refractivity contribution in [3.05, 3.63) is 48.1 Å². The predicted molar refractivity (Wildman–Crippen MR) is 76.7 cm³/mol. The molecule has 0 aromatic heterocycles. The summed E-state index contributed by atoms with van der Waals surface area (Å²) in [5.74, 6) is -3.88. The third-order valence-electron chi connectivity index (χ3n) is 3.28. The molecule has 2 aliphatic heterocycles. The average molecular weight is 312 g/mol. The Bertz CT molecular complexity index is 755. The highest BCUT2D eigenvalue weighted by molar-refractivity contribution is 6.30. The number of carbonyl (C=O) groups excluding carboxylic acids is 4. The van der Waals surface area contributed by atoms with Crippen molar-refractivity contribution < 1.29 is 29.1 Å². The molecule has 0 atom stereocenters. The number of hydrogen-bond donors (Lipinski definition) is 1. The molecule has 114 valence electrons. The van der Waals surface area contributed by atoms with Gasteiger partial charge in [-0.2, -0.15) is 0 Å². The van der Waals surface area contributed by atoms with Crippen LogP contribution in [-0.4, -0.2) is 34.7 Å². The Hall–Kier alpha value is -3.55. The number of aromatic carboxylic acids is 1. The Morgan fingerprint density at radius 2 is 1.04 bits per heavy atom. The van der Waals surface area contributed by atoms with Gasteiger partial charge in [0.05, 0.1) is 16.9 Å². The number of carbonyl (C=O) groups is 5. The molecular weight excluding hydrogens is 304 g/mol. The second kappa shape index (κ2) is 5.02. The number of imide groups is 2. The molecule has 8 heteroatoms. The van der Waals surface area contributed by atoms with E-state index < -0.39 is 29.6 Å². The van der Waals surface area contributed by atoms with Gasteiger partial charge in [-0.05, 0) is 18.2 Å². The van der Waals surface area contributed by atoms with Gasteiger partial charge in [0.1, 0.15) is 0 Å². The summed E-state index contributed by atoms with van der Waals surface area (Å²) in [5, 5.41) is 9.17. The molecule has 2 heterocycles. The summed E-state index contributed by atoms with van der Waals surface area (Å²) in [4.78, 5) is 59.7. The minimum Gasteiger partial charge on any atom is -0.478 e. The number of amides is 4. The summed E-state index contributed by atoms with van der Waals surface area (Å²) in [5.41, 5.74) is -0.336. The highest BCUT2D eigenvalue weighted by atomic mass is 16.4. The summed E-state index contributed by atoms with van der Waals surface area (Å²) >= 11 is 0. The molecule has 3 rings (SSSR count). The van der Waals surface area contributed by atoms with Crippen LogP contribution in [0.5, 0.6) is 0 Å². The van der Waals surface area contributed by atoms with Crippen molar-refractivity contribution in [2.75, 3.05) is 9.80 Å². The summed E-state index contributed by atoms with van der Waals surface area (Å²) in [6, 6.07) is 3.47. The molecule has 0 bridgehead atoms. The summed E-state index contributed by atoms with van der Waals surface area (Å²) in [6.07, 6.45) is 4.18. The van der Waals surface area contributed by atoms with Gasteiger partial charge in [0.25, 0.3) is 23.6 Å². The van der Waals surface area contributed by atoms with Crippen LogP contribution >= 0.6 is 0 Å². The summed E-state index contributed by atoms with van der Waals surface area (Å²) in [7, 11) is 0. The van der Waals surface area contributed by atoms with Crippen LogP contribution in [0.4, 0.5) is 11.4 Å². The van der Waals surface area contributed by atoms with Gasteiger partial charge in [0.2, 0.25) is 0 Å². The fraction of sp³-hybridized carbons (Fsp3) is 0. The molecule has 2 aliphatic rings. The van der Waals surface area contributed by atoms with Crippen molar-refractivity contribution >= 4 is 41.0 Å². The SMILES string of the molecule is O=C(O)c1cc(N2C(=O)C=CC2=O)cc(N2C(=O)C=CC2=O)c1. The molecule has 0 saturated carbocycles. The van der Waals surface area contributed by atoms with Crippen molar-refractivity contribution in [3.63, 3.8) is 0 Å². The molecule has 0 spiro atoms. The van der Waals surface area contributed by atoms with E-state index in [0.29, 0.717) is 0 Å². The molecule has 23 heavy (non-hydrogen) atoms. The lowest BCUT2D eigenvalue weighted by atomic mass is 10.1. The Balaban J connectivity index is 2.13. The number of nitrogens with zero attached hydrogens (tertiary/aromatic N) is 2. The second-order valence-corrected chi connectivity index (χ2v) is 4.73. The van der Waals surface area contributed by atoms with Gasteiger partial charge in [0.15, 0.2) is 0 Å². The van der Waals surface area contributed by atoms with Gasteiger partial charge in [-0.3, -0.25) is 19.2 Å². The third-order valence-corrected chi connectivity index (χ3v) is 3.28. The highest BCUT2D eigenvalue weighted by Gasteiger charge is 2.30. The predicted octanol–water partition coefficient (Wildman–Crippen LogP) is 0.244. The minimum atomic E-state index is -1.33. The van der Waals surface area contributed by atoms with Crippen molar-refractivity contribution in [1.82, 2.24) is 0 Å². The third kappa shape index (κ3) is 2.31. The lowest BCUT2D eigenvalue weighted by molar-refractivity contribution is -0.121. The first kappa shape index (κ1) is 14.4. The van der Waals surface area contributed by atoms with Gasteiger partial charge in [-0.1, -0.05) is 0 Å². The van der Waals surface area contributed by atoms with Crippen molar-refractivity contribution in [2.24, 2.45) is 0 Å². The Kier molecular flexibility index (Phi) is 3.14. The molecule has 1 aromatic rings. The van der Waals surface area contributed by atoms with Crippen LogP contribution in [0, 0.1) is 0 Å². The van der Waals surface area contributed by atoms with Crippen LogP contribution in [0.15, 0.2) is 42.5 Å². The maximum absolute atomic E-state index is 11.7. The van der Waals surface area contributed by atoms with Crippen molar-refractivity contribution in [1.29, 1.82) is 0 Å². The summed E-state index contributed by atoms with van der Waals surface area (Å²) < 4.78 is 0. The van der Waals surface area contributed by atoms with Crippen molar-refractivity contribution in [2.45, 2.75) is 0 Å². The zero-order valence-electron chi connectivity index (χ0n) is 11.4. The molecule has 8 nitrogen and oxygen atoms in total. The molecule has 1 aromatic carbocycles. The molecule has 0 radical (unpaired) electrons. The first-order chi connectivity index (χ1) is 10.9. The quantitative estimate of drug-likeness (QED) is 0.800.